The number of fused-ring (bicyclic) bond motifs is 1. The molecule has 0 saturated heterocycles. The van der Waals surface area contributed by atoms with E-state index in [1.54, 1.807) is 6.20 Å². The Balaban J connectivity index is 1.58. The quantitative estimate of drug-likeness (QED) is 0.520. The minimum absolute atomic E-state index is 0.0933. The minimum Gasteiger partial charge on any atom is -0.393 e. The molecule has 0 radical (unpaired) electrons. The van der Waals surface area contributed by atoms with Gasteiger partial charge in [-0.1, -0.05) is 18.2 Å². The van der Waals surface area contributed by atoms with Crippen molar-refractivity contribution in [2.24, 2.45) is 5.92 Å². The van der Waals surface area contributed by atoms with Gasteiger partial charge in [0.2, 0.25) is 5.91 Å². The highest BCUT2D eigenvalue weighted by atomic mass is 16.3. The van der Waals surface area contributed by atoms with Crippen LogP contribution in [0, 0.1) is 5.92 Å². The van der Waals surface area contributed by atoms with E-state index in [0.717, 1.165) is 16.5 Å². The molecule has 1 amide bonds. The average molecular weight is 380 g/mol. The third-order valence-corrected chi connectivity index (χ3v) is 5.16. The highest BCUT2D eigenvalue weighted by Crippen LogP contribution is 2.38. The molecule has 0 unspecified atom stereocenters. The van der Waals surface area contributed by atoms with Crippen LogP contribution in [0.15, 0.2) is 52.3 Å². The fourth-order valence-corrected chi connectivity index (χ4v) is 3.60. The van der Waals surface area contributed by atoms with Crippen molar-refractivity contribution in [2.45, 2.75) is 31.4 Å². The Hall–Kier alpha value is -3.26. The number of para-hydroxylation sites is 1. The fraction of sp³-hybridized carbons (Fsp3) is 0.300. The Bertz CT molecular complexity index is 1130. The van der Waals surface area contributed by atoms with Crippen molar-refractivity contribution in [3.63, 3.8) is 0 Å². The third-order valence-electron chi connectivity index (χ3n) is 5.16. The molecule has 4 N–H and O–H groups in total. The van der Waals surface area contributed by atoms with E-state index in [4.69, 9.17) is 0 Å². The molecule has 8 nitrogen and oxygen atoms in total. The average Bonchev–Trinajstić information content (AvgIpc) is 2.66. The van der Waals surface area contributed by atoms with E-state index in [0.29, 0.717) is 12.8 Å². The molecular formula is C20H20N4O4. The number of aliphatic hydroxyl groups excluding tert-OH is 1. The van der Waals surface area contributed by atoms with E-state index in [1.807, 2.05) is 30.3 Å². The summed E-state index contributed by atoms with van der Waals surface area (Å²) in [6, 6.07) is 9.40. The van der Waals surface area contributed by atoms with Crippen LogP contribution in [0.1, 0.15) is 30.0 Å². The molecule has 28 heavy (non-hydrogen) atoms. The van der Waals surface area contributed by atoms with Gasteiger partial charge in [0.05, 0.1) is 24.1 Å². The van der Waals surface area contributed by atoms with Crippen molar-refractivity contribution in [1.29, 1.82) is 0 Å². The van der Waals surface area contributed by atoms with E-state index in [1.165, 1.54) is 6.20 Å². The Morgan fingerprint density at radius 2 is 2.07 bits per heavy atom. The van der Waals surface area contributed by atoms with Crippen molar-refractivity contribution in [3.8, 4) is 0 Å². The van der Waals surface area contributed by atoms with Crippen molar-refractivity contribution < 1.29 is 9.90 Å². The van der Waals surface area contributed by atoms with Crippen LogP contribution in [0.2, 0.25) is 0 Å². The molecule has 0 spiro atoms. The first-order valence-electron chi connectivity index (χ1n) is 9.12. The van der Waals surface area contributed by atoms with Gasteiger partial charge in [-0.05, 0) is 36.5 Å². The lowest BCUT2D eigenvalue weighted by Crippen LogP contribution is -2.42. The number of nitrogens with zero attached hydrogens (tertiary/aromatic N) is 1. The minimum atomic E-state index is -0.613. The van der Waals surface area contributed by atoms with E-state index >= 15 is 0 Å². The smallest absolute Gasteiger partial charge is 0.325 e. The van der Waals surface area contributed by atoms with Crippen LogP contribution in [0.5, 0.6) is 0 Å². The van der Waals surface area contributed by atoms with Crippen LogP contribution in [0.4, 0.5) is 0 Å². The van der Waals surface area contributed by atoms with Crippen molar-refractivity contribution in [1.82, 2.24) is 20.3 Å². The van der Waals surface area contributed by atoms with Gasteiger partial charge < -0.3 is 15.4 Å². The first kappa shape index (κ1) is 18.1. The number of aromatic amines is 2. The van der Waals surface area contributed by atoms with E-state index in [-0.39, 0.29) is 36.0 Å². The number of amides is 1. The SMILES string of the molecule is O=C(Cc1c[nH]c(=O)[nH]c1=O)N[C@H](c1cnc2ccccc2c1)C1CC(O)C1. The molecule has 1 aliphatic carbocycles. The number of H-pyrrole nitrogens is 2. The normalized spacial score (nSPS) is 19.8. The Kier molecular flexibility index (Phi) is 4.79. The molecule has 1 atom stereocenters. The van der Waals surface area contributed by atoms with Crippen LogP contribution >= 0.6 is 0 Å². The number of rotatable bonds is 5. The number of hydrogen-bond donors (Lipinski definition) is 4. The lowest BCUT2D eigenvalue weighted by molar-refractivity contribution is -0.122. The van der Waals surface area contributed by atoms with E-state index in [9.17, 15) is 19.5 Å². The molecule has 2 aromatic heterocycles. The number of aliphatic hydroxyl groups is 1. The molecule has 3 aromatic rings. The number of carbonyl (C=O) groups excluding carboxylic acids is 1. The van der Waals surface area contributed by atoms with Crippen molar-refractivity contribution in [3.05, 3.63) is 74.7 Å². The van der Waals surface area contributed by atoms with Gasteiger partial charge in [-0.15, -0.1) is 0 Å². The van der Waals surface area contributed by atoms with Crippen LogP contribution in [-0.2, 0) is 11.2 Å². The number of carbonyl (C=O) groups is 1. The maximum Gasteiger partial charge on any atom is 0.325 e. The van der Waals surface area contributed by atoms with Gasteiger partial charge in [-0.2, -0.15) is 0 Å². The molecule has 1 aromatic carbocycles. The molecule has 1 saturated carbocycles. The summed E-state index contributed by atoms with van der Waals surface area (Å²) < 4.78 is 0. The number of pyridine rings is 1. The first-order chi connectivity index (χ1) is 13.5. The summed E-state index contributed by atoms with van der Waals surface area (Å²) in [5, 5.41) is 13.7. The van der Waals surface area contributed by atoms with E-state index in [2.05, 4.69) is 20.3 Å². The second-order valence-corrected chi connectivity index (χ2v) is 7.17. The van der Waals surface area contributed by atoms with Gasteiger partial charge >= 0.3 is 5.69 Å². The molecule has 144 valence electrons. The van der Waals surface area contributed by atoms with Gasteiger partial charge in [-0.3, -0.25) is 19.6 Å². The fourth-order valence-electron chi connectivity index (χ4n) is 3.60. The maximum atomic E-state index is 12.6. The summed E-state index contributed by atoms with van der Waals surface area (Å²) in [5.74, 6) is -0.243. The number of nitrogens with one attached hydrogen (secondary N) is 3. The monoisotopic (exact) mass is 380 g/mol. The molecule has 2 heterocycles. The van der Waals surface area contributed by atoms with Gasteiger partial charge in [0, 0.05) is 23.3 Å². The molecule has 1 fully saturated rings. The molecule has 0 bridgehead atoms. The molecule has 8 heteroatoms. The van der Waals surface area contributed by atoms with Crippen molar-refractivity contribution in [2.75, 3.05) is 0 Å². The summed E-state index contributed by atoms with van der Waals surface area (Å²) in [6.45, 7) is 0. The van der Waals surface area contributed by atoms with Crippen LogP contribution in [0.3, 0.4) is 0 Å². The maximum absolute atomic E-state index is 12.6. The Morgan fingerprint density at radius 3 is 2.82 bits per heavy atom. The van der Waals surface area contributed by atoms with Crippen LogP contribution in [0.25, 0.3) is 10.9 Å². The molecule has 1 aliphatic rings. The lowest BCUT2D eigenvalue weighted by atomic mass is 9.75. The summed E-state index contributed by atoms with van der Waals surface area (Å²) in [5.41, 5.74) is 0.713. The zero-order valence-electron chi connectivity index (χ0n) is 15.0. The summed E-state index contributed by atoms with van der Waals surface area (Å²) in [4.78, 5) is 44.5. The summed E-state index contributed by atoms with van der Waals surface area (Å²) in [6.07, 6.45) is 3.66. The third kappa shape index (κ3) is 3.72. The van der Waals surface area contributed by atoms with Crippen molar-refractivity contribution >= 4 is 16.8 Å². The second-order valence-electron chi connectivity index (χ2n) is 7.17. The summed E-state index contributed by atoms with van der Waals surface area (Å²) >= 11 is 0. The van der Waals surface area contributed by atoms with Gasteiger partial charge in [0.25, 0.3) is 5.56 Å². The standard InChI is InChI=1S/C20H20N4O4/c25-15-6-12(7-15)18(13-5-11-3-1-2-4-16(11)21-9-13)23-17(26)8-14-10-22-20(28)24-19(14)27/h1-5,9-10,12,15,18,25H,6-8H2,(H,23,26)(H2,22,24,27,28)/t12?,15?,18-/m0/s1. The van der Waals surface area contributed by atoms with Crippen LogP contribution < -0.4 is 16.6 Å². The second kappa shape index (κ2) is 7.40. The predicted molar refractivity (Wildman–Crippen MR) is 103 cm³/mol. The zero-order chi connectivity index (χ0) is 19.7. The predicted octanol–water partition coefficient (Wildman–Crippen LogP) is 0.782. The highest BCUT2D eigenvalue weighted by molar-refractivity contribution is 5.80. The van der Waals surface area contributed by atoms with Gasteiger partial charge in [-0.25, -0.2) is 4.79 Å². The largest absolute Gasteiger partial charge is 0.393 e. The number of benzene rings is 1. The highest BCUT2D eigenvalue weighted by Gasteiger charge is 2.36. The Labute approximate surface area is 159 Å². The number of hydrogen-bond acceptors (Lipinski definition) is 5. The van der Waals surface area contributed by atoms with E-state index < -0.39 is 11.2 Å². The number of aromatic nitrogens is 3. The first-order valence-corrected chi connectivity index (χ1v) is 9.12. The topological polar surface area (TPSA) is 128 Å². The van der Waals surface area contributed by atoms with Crippen LogP contribution in [-0.4, -0.2) is 32.1 Å². The molecule has 4 rings (SSSR count). The molecular weight excluding hydrogens is 360 g/mol. The van der Waals surface area contributed by atoms with Gasteiger partial charge in [0.1, 0.15) is 0 Å². The molecule has 0 aliphatic heterocycles. The summed E-state index contributed by atoms with van der Waals surface area (Å²) in [7, 11) is 0. The zero-order valence-corrected chi connectivity index (χ0v) is 15.0. The van der Waals surface area contributed by atoms with Gasteiger partial charge in [0.15, 0.2) is 0 Å². The lowest BCUT2D eigenvalue weighted by Gasteiger charge is -2.38. The Morgan fingerprint density at radius 1 is 1.29 bits per heavy atom.